The summed E-state index contributed by atoms with van der Waals surface area (Å²) in [6.45, 7) is 1.76. The van der Waals surface area contributed by atoms with Gasteiger partial charge in [-0.3, -0.25) is 14.9 Å². The second-order valence-electron chi connectivity index (χ2n) is 6.53. The summed E-state index contributed by atoms with van der Waals surface area (Å²) in [7, 11) is 1.63. The van der Waals surface area contributed by atoms with Crippen LogP contribution in [-0.2, 0) is 14.9 Å². The molecule has 7 heteroatoms. The Morgan fingerprint density at radius 2 is 2.04 bits per heavy atom. The summed E-state index contributed by atoms with van der Waals surface area (Å²) < 4.78 is 10.7. The van der Waals surface area contributed by atoms with Gasteiger partial charge in [-0.05, 0) is 30.5 Å². The summed E-state index contributed by atoms with van der Waals surface area (Å²) in [6.07, 6.45) is 1.96. The number of hydrogen-bond donors (Lipinski definition) is 1. The van der Waals surface area contributed by atoms with Crippen molar-refractivity contribution in [1.29, 1.82) is 0 Å². The first-order valence-electron chi connectivity index (χ1n) is 8.19. The van der Waals surface area contributed by atoms with E-state index >= 15 is 0 Å². The van der Waals surface area contributed by atoms with Crippen LogP contribution in [0.3, 0.4) is 0 Å². The van der Waals surface area contributed by atoms with Gasteiger partial charge in [-0.2, -0.15) is 0 Å². The minimum atomic E-state index is -0.711. The predicted octanol–water partition coefficient (Wildman–Crippen LogP) is 1.52. The summed E-state index contributed by atoms with van der Waals surface area (Å²) in [4.78, 5) is 22.5. The standard InChI is InChI=1S/C17H22N2O5/c1-23-13-4-2-12(3-5-13)17(6-8-24-9-7-17)11-18-16(20)14-10-15(14)19(21)22/h2-5,14-15H,6-11H2,1H3,(H,18,20)/t14-,15+/m1/s1. The Kier molecular flexibility index (Phi) is 4.71. The zero-order valence-electron chi connectivity index (χ0n) is 13.7. The number of hydrogen-bond acceptors (Lipinski definition) is 5. The fourth-order valence-corrected chi connectivity index (χ4v) is 3.36. The number of methoxy groups -OCH3 is 1. The molecule has 0 unspecified atom stereocenters. The van der Waals surface area contributed by atoms with E-state index in [-0.39, 0.29) is 16.2 Å². The third-order valence-corrected chi connectivity index (χ3v) is 5.12. The SMILES string of the molecule is COc1ccc(C2(CNC(=O)[C@@H]3C[C@@H]3[N+](=O)[O-])CCOCC2)cc1. The molecule has 0 spiro atoms. The summed E-state index contributed by atoms with van der Waals surface area (Å²) in [5, 5.41) is 13.7. The fourth-order valence-electron chi connectivity index (χ4n) is 3.36. The molecule has 1 N–H and O–H groups in total. The van der Waals surface area contributed by atoms with Crippen LogP contribution < -0.4 is 10.1 Å². The summed E-state index contributed by atoms with van der Waals surface area (Å²) in [5.41, 5.74) is 0.938. The first kappa shape index (κ1) is 16.7. The van der Waals surface area contributed by atoms with Crippen LogP contribution >= 0.6 is 0 Å². The number of carbonyl (C=O) groups is 1. The van der Waals surface area contributed by atoms with Gasteiger partial charge in [-0.1, -0.05) is 12.1 Å². The lowest BCUT2D eigenvalue weighted by Gasteiger charge is -2.38. The highest BCUT2D eigenvalue weighted by Crippen LogP contribution is 2.37. The van der Waals surface area contributed by atoms with Crippen LogP contribution in [0.2, 0.25) is 0 Å². The van der Waals surface area contributed by atoms with E-state index in [1.165, 1.54) is 0 Å². The van der Waals surface area contributed by atoms with Gasteiger partial charge in [0, 0.05) is 36.5 Å². The molecule has 1 saturated heterocycles. The molecule has 2 fully saturated rings. The smallest absolute Gasteiger partial charge is 0.230 e. The second kappa shape index (κ2) is 6.76. The van der Waals surface area contributed by atoms with Gasteiger partial charge in [0.05, 0.1) is 7.11 Å². The molecule has 1 amide bonds. The van der Waals surface area contributed by atoms with Crippen molar-refractivity contribution in [3.8, 4) is 5.75 Å². The van der Waals surface area contributed by atoms with Crippen LogP contribution in [0.25, 0.3) is 0 Å². The van der Waals surface area contributed by atoms with E-state index in [0.29, 0.717) is 26.2 Å². The largest absolute Gasteiger partial charge is 0.497 e. The van der Waals surface area contributed by atoms with Crippen LogP contribution in [0, 0.1) is 16.0 Å². The van der Waals surface area contributed by atoms with E-state index in [1.807, 2.05) is 24.3 Å². The first-order chi connectivity index (χ1) is 11.6. The molecular weight excluding hydrogens is 312 g/mol. The number of ether oxygens (including phenoxy) is 2. The lowest BCUT2D eigenvalue weighted by Crippen LogP contribution is -2.45. The van der Waals surface area contributed by atoms with Gasteiger partial charge in [-0.15, -0.1) is 0 Å². The van der Waals surface area contributed by atoms with Crippen LogP contribution in [0.1, 0.15) is 24.8 Å². The van der Waals surface area contributed by atoms with Crippen molar-refractivity contribution in [1.82, 2.24) is 5.32 Å². The average Bonchev–Trinajstić information content (AvgIpc) is 3.42. The summed E-state index contributed by atoms with van der Waals surface area (Å²) in [6, 6.07) is 7.16. The molecule has 1 aromatic rings. The van der Waals surface area contributed by atoms with Gasteiger partial charge in [0.25, 0.3) is 0 Å². The van der Waals surface area contributed by atoms with Gasteiger partial charge in [0.2, 0.25) is 11.9 Å². The Balaban J connectivity index is 1.69. The van der Waals surface area contributed by atoms with E-state index in [2.05, 4.69) is 5.32 Å². The third-order valence-electron chi connectivity index (χ3n) is 5.12. The van der Waals surface area contributed by atoms with Crippen molar-refractivity contribution < 1.29 is 19.2 Å². The molecule has 130 valence electrons. The Morgan fingerprint density at radius 1 is 1.38 bits per heavy atom. The van der Waals surface area contributed by atoms with Gasteiger partial charge in [0.15, 0.2) is 0 Å². The molecule has 2 aliphatic rings. The maximum Gasteiger partial charge on any atom is 0.230 e. The van der Waals surface area contributed by atoms with Crippen molar-refractivity contribution in [3.05, 3.63) is 39.9 Å². The van der Waals surface area contributed by atoms with Crippen molar-refractivity contribution in [2.45, 2.75) is 30.7 Å². The summed E-state index contributed by atoms with van der Waals surface area (Å²) in [5.74, 6) is 0.0978. The number of nitro groups is 1. The van der Waals surface area contributed by atoms with Crippen LogP contribution in [0.15, 0.2) is 24.3 Å². The number of nitrogens with one attached hydrogen (secondary N) is 1. The van der Waals surface area contributed by atoms with Crippen molar-refractivity contribution in [2.75, 3.05) is 26.9 Å². The molecule has 2 atom stereocenters. The topological polar surface area (TPSA) is 90.7 Å². The minimum Gasteiger partial charge on any atom is -0.497 e. The monoisotopic (exact) mass is 334 g/mol. The van der Waals surface area contributed by atoms with Gasteiger partial charge < -0.3 is 14.8 Å². The molecule has 3 rings (SSSR count). The van der Waals surface area contributed by atoms with Crippen LogP contribution in [0.5, 0.6) is 5.75 Å². The molecule has 1 saturated carbocycles. The molecule has 0 aromatic heterocycles. The molecule has 0 radical (unpaired) electrons. The maximum atomic E-state index is 12.2. The van der Waals surface area contributed by atoms with Gasteiger partial charge in [-0.25, -0.2) is 0 Å². The molecule has 0 bridgehead atoms. The molecule has 1 aliphatic carbocycles. The quantitative estimate of drug-likeness (QED) is 0.629. The Morgan fingerprint density at radius 3 is 2.58 bits per heavy atom. The number of carbonyl (C=O) groups excluding carboxylic acids is 1. The van der Waals surface area contributed by atoms with Crippen molar-refractivity contribution >= 4 is 5.91 Å². The second-order valence-corrected chi connectivity index (χ2v) is 6.53. The van der Waals surface area contributed by atoms with E-state index in [9.17, 15) is 14.9 Å². The molecule has 1 aromatic carbocycles. The molecular formula is C17H22N2O5. The maximum absolute atomic E-state index is 12.2. The van der Waals surface area contributed by atoms with E-state index in [4.69, 9.17) is 9.47 Å². The molecule has 24 heavy (non-hydrogen) atoms. The number of amides is 1. The highest BCUT2D eigenvalue weighted by Gasteiger charge is 2.53. The summed E-state index contributed by atoms with van der Waals surface area (Å²) >= 11 is 0. The van der Waals surface area contributed by atoms with Gasteiger partial charge in [0.1, 0.15) is 11.7 Å². The molecule has 7 nitrogen and oxygen atoms in total. The average molecular weight is 334 g/mol. The Bertz CT molecular complexity index is 610. The first-order valence-corrected chi connectivity index (χ1v) is 8.19. The number of rotatable bonds is 6. The normalized spacial score (nSPS) is 24.9. The minimum absolute atomic E-state index is 0.195. The Labute approximate surface area is 140 Å². The fraction of sp³-hybridized carbons (Fsp3) is 0.588. The highest BCUT2D eigenvalue weighted by molar-refractivity contribution is 5.82. The lowest BCUT2D eigenvalue weighted by molar-refractivity contribution is -0.497. The van der Waals surface area contributed by atoms with Crippen LogP contribution in [-0.4, -0.2) is 43.7 Å². The zero-order chi connectivity index (χ0) is 17.2. The lowest BCUT2D eigenvalue weighted by atomic mass is 9.74. The van der Waals surface area contributed by atoms with Crippen molar-refractivity contribution in [3.63, 3.8) is 0 Å². The predicted molar refractivity (Wildman–Crippen MR) is 86.6 cm³/mol. The number of benzene rings is 1. The molecule has 1 heterocycles. The van der Waals surface area contributed by atoms with E-state index in [1.54, 1.807) is 7.11 Å². The molecule has 1 aliphatic heterocycles. The zero-order valence-corrected chi connectivity index (χ0v) is 13.7. The third kappa shape index (κ3) is 3.36. The number of nitrogens with zero attached hydrogens (tertiary/aromatic N) is 1. The van der Waals surface area contributed by atoms with Crippen LogP contribution in [0.4, 0.5) is 0 Å². The highest BCUT2D eigenvalue weighted by atomic mass is 16.6. The van der Waals surface area contributed by atoms with E-state index in [0.717, 1.165) is 24.2 Å². The van der Waals surface area contributed by atoms with Gasteiger partial charge >= 0.3 is 0 Å². The van der Waals surface area contributed by atoms with E-state index < -0.39 is 12.0 Å². The van der Waals surface area contributed by atoms with Crippen molar-refractivity contribution in [2.24, 2.45) is 5.92 Å². The Hall–Kier alpha value is -2.15.